The van der Waals surface area contributed by atoms with Gasteiger partial charge in [0.2, 0.25) is 0 Å². The number of urea groups is 1. The third-order valence-electron chi connectivity index (χ3n) is 5.23. The Bertz CT molecular complexity index is 671. The van der Waals surface area contributed by atoms with Gasteiger partial charge in [0.25, 0.3) is 5.91 Å². The quantitative estimate of drug-likeness (QED) is 0.821. The number of benzene rings is 1. The maximum absolute atomic E-state index is 13.1. The summed E-state index contributed by atoms with van der Waals surface area (Å²) < 4.78 is 0. The second-order valence-corrected chi connectivity index (χ2v) is 7.05. The molecule has 0 saturated carbocycles. The highest BCUT2D eigenvalue weighted by atomic mass is 35.5. The molecule has 4 rings (SSSR count). The monoisotopic (exact) mass is 384 g/mol. The minimum absolute atomic E-state index is 0. The van der Waals surface area contributed by atoms with E-state index in [1.807, 2.05) is 4.90 Å². The lowest BCUT2D eigenvalue weighted by Gasteiger charge is -2.28. The predicted molar refractivity (Wildman–Crippen MR) is 99.9 cm³/mol. The summed E-state index contributed by atoms with van der Waals surface area (Å²) >= 11 is 6.27. The smallest absolute Gasteiger partial charge is 0.322 e. The van der Waals surface area contributed by atoms with Gasteiger partial charge >= 0.3 is 6.03 Å². The van der Waals surface area contributed by atoms with E-state index in [1.54, 1.807) is 23.1 Å². The molecule has 1 aromatic rings. The van der Waals surface area contributed by atoms with Gasteiger partial charge in [0.05, 0.1) is 10.7 Å². The van der Waals surface area contributed by atoms with Crippen LogP contribution in [-0.2, 0) is 0 Å². The number of rotatable bonds is 2. The van der Waals surface area contributed by atoms with E-state index in [2.05, 4.69) is 10.6 Å². The van der Waals surface area contributed by atoms with E-state index in [1.165, 1.54) is 0 Å². The number of anilines is 1. The van der Waals surface area contributed by atoms with E-state index in [4.69, 9.17) is 11.6 Å². The van der Waals surface area contributed by atoms with Crippen molar-refractivity contribution in [1.29, 1.82) is 0 Å². The summed E-state index contributed by atoms with van der Waals surface area (Å²) in [6.45, 7) is 2.98. The van der Waals surface area contributed by atoms with Crippen LogP contribution in [0.15, 0.2) is 18.2 Å². The zero-order valence-corrected chi connectivity index (χ0v) is 15.4. The Morgan fingerprint density at radius 1 is 1.16 bits per heavy atom. The van der Waals surface area contributed by atoms with Gasteiger partial charge in [-0.3, -0.25) is 9.69 Å². The standard InChI is InChI=1S/C17H21ClN4O2.ClH/c18-14-4-1-11(9-15(14)21-8-7-20-17(21)24)16(23)22-12-2-3-13(22)10-19-6-5-12;/h1,4,9,12-13,19H,2-3,5-8,10H2,(H,20,24);1H. The SMILES string of the molecule is Cl.O=C1NCCN1c1cc(C(=O)N2C3CCNCC2CC3)ccc1Cl. The largest absolute Gasteiger partial charge is 0.336 e. The molecule has 2 bridgehead atoms. The lowest BCUT2D eigenvalue weighted by molar-refractivity contribution is 0.0680. The molecule has 1 aromatic carbocycles. The summed E-state index contributed by atoms with van der Waals surface area (Å²) in [6.07, 6.45) is 3.13. The fraction of sp³-hybridized carbons (Fsp3) is 0.529. The molecule has 0 spiro atoms. The molecular formula is C17H22Cl2N4O2. The van der Waals surface area contributed by atoms with Crippen molar-refractivity contribution >= 4 is 41.6 Å². The Balaban J connectivity index is 0.00000182. The van der Waals surface area contributed by atoms with E-state index in [9.17, 15) is 9.59 Å². The zero-order chi connectivity index (χ0) is 16.7. The number of fused-ring (bicyclic) bond motifs is 2. The molecule has 2 N–H and O–H groups in total. The van der Waals surface area contributed by atoms with E-state index in [0.29, 0.717) is 35.4 Å². The Morgan fingerprint density at radius 2 is 1.96 bits per heavy atom. The fourth-order valence-corrected chi connectivity index (χ4v) is 4.24. The molecule has 8 heteroatoms. The number of halogens is 2. The van der Waals surface area contributed by atoms with Crippen LogP contribution < -0.4 is 15.5 Å². The minimum Gasteiger partial charge on any atom is -0.336 e. The topological polar surface area (TPSA) is 64.7 Å². The van der Waals surface area contributed by atoms with Crippen molar-refractivity contribution in [3.8, 4) is 0 Å². The Morgan fingerprint density at radius 3 is 2.72 bits per heavy atom. The molecule has 136 valence electrons. The van der Waals surface area contributed by atoms with Crippen LogP contribution in [-0.4, -0.2) is 55.1 Å². The second-order valence-electron chi connectivity index (χ2n) is 6.64. The van der Waals surface area contributed by atoms with E-state index < -0.39 is 0 Å². The van der Waals surface area contributed by atoms with Gasteiger partial charge in [-0.2, -0.15) is 0 Å². The van der Waals surface area contributed by atoms with Gasteiger partial charge in [-0.1, -0.05) is 11.6 Å². The van der Waals surface area contributed by atoms with Gasteiger partial charge in [-0.25, -0.2) is 4.79 Å². The summed E-state index contributed by atoms with van der Waals surface area (Å²) in [6, 6.07) is 5.65. The first-order chi connectivity index (χ1) is 11.6. The highest BCUT2D eigenvalue weighted by Gasteiger charge is 2.38. The van der Waals surface area contributed by atoms with E-state index in [-0.39, 0.29) is 30.4 Å². The van der Waals surface area contributed by atoms with Crippen LogP contribution in [0.4, 0.5) is 10.5 Å². The normalized spacial score (nSPS) is 25.4. The molecule has 6 nitrogen and oxygen atoms in total. The summed E-state index contributed by atoms with van der Waals surface area (Å²) in [5, 5.41) is 6.66. The van der Waals surface area contributed by atoms with Gasteiger partial charge in [-0.15, -0.1) is 12.4 Å². The van der Waals surface area contributed by atoms with Crippen LogP contribution in [0.25, 0.3) is 0 Å². The summed E-state index contributed by atoms with van der Waals surface area (Å²) in [7, 11) is 0. The number of nitrogens with zero attached hydrogens (tertiary/aromatic N) is 2. The van der Waals surface area contributed by atoms with E-state index >= 15 is 0 Å². The van der Waals surface area contributed by atoms with Crippen LogP contribution >= 0.6 is 24.0 Å². The van der Waals surface area contributed by atoms with Crippen molar-refractivity contribution in [3.05, 3.63) is 28.8 Å². The van der Waals surface area contributed by atoms with Crippen LogP contribution in [0, 0.1) is 0 Å². The maximum atomic E-state index is 13.1. The lowest BCUT2D eigenvalue weighted by Crippen LogP contribution is -2.42. The highest BCUT2D eigenvalue weighted by Crippen LogP contribution is 2.32. The third kappa shape index (κ3) is 3.30. The lowest BCUT2D eigenvalue weighted by atomic mass is 10.1. The van der Waals surface area contributed by atoms with Crippen molar-refractivity contribution in [1.82, 2.24) is 15.5 Å². The molecule has 3 amide bonds. The van der Waals surface area contributed by atoms with Gasteiger partial charge in [0, 0.05) is 37.3 Å². The van der Waals surface area contributed by atoms with Crippen molar-refractivity contribution < 1.29 is 9.59 Å². The number of nitrogens with one attached hydrogen (secondary N) is 2. The summed E-state index contributed by atoms with van der Waals surface area (Å²) in [5.41, 5.74) is 1.21. The molecule has 3 saturated heterocycles. The third-order valence-corrected chi connectivity index (χ3v) is 5.55. The first-order valence-electron chi connectivity index (χ1n) is 8.53. The summed E-state index contributed by atoms with van der Waals surface area (Å²) in [4.78, 5) is 28.7. The fourth-order valence-electron chi connectivity index (χ4n) is 4.02. The van der Waals surface area contributed by atoms with Crippen LogP contribution in [0.5, 0.6) is 0 Å². The van der Waals surface area contributed by atoms with Crippen LogP contribution in [0.3, 0.4) is 0 Å². The Kier molecular flexibility index (Phi) is 5.41. The number of carbonyl (C=O) groups excluding carboxylic acids is 2. The average Bonchev–Trinajstić information content (AvgIpc) is 3.09. The van der Waals surface area contributed by atoms with Gasteiger partial charge < -0.3 is 15.5 Å². The molecule has 2 unspecified atom stereocenters. The van der Waals surface area contributed by atoms with Crippen molar-refractivity contribution in [3.63, 3.8) is 0 Å². The molecule has 0 aliphatic carbocycles. The van der Waals surface area contributed by atoms with Crippen molar-refractivity contribution in [2.24, 2.45) is 0 Å². The van der Waals surface area contributed by atoms with E-state index in [0.717, 1.165) is 32.4 Å². The predicted octanol–water partition coefficient (Wildman–Crippen LogP) is 2.26. The van der Waals surface area contributed by atoms with Crippen molar-refractivity contribution in [2.45, 2.75) is 31.3 Å². The number of hydrogen-bond acceptors (Lipinski definition) is 3. The average molecular weight is 385 g/mol. The van der Waals surface area contributed by atoms with Crippen molar-refractivity contribution in [2.75, 3.05) is 31.1 Å². The van der Waals surface area contributed by atoms with Crippen LogP contribution in [0.2, 0.25) is 5.02 Å². The molecular weight excluding hydrogens is 363 g/mol. The van der Waals surface area contributed by atoms with Crippen LogP contribution in [0.1, 0.15) is 29.6 Å². The molecule has 0 aromatic heterocycles. The molecule has 25 heavy (non-hydrogen) atoms. The molecule has 3 aliphatic heterocycles. The summed E-state index contributed by atoms with van der Waals surface area (Å²) in [5.74, 6) is 0.0451. The van der Waals surface area contributed by atoms with Gasteiger partial charge in [-0.05, 0) is 44.0 Å². The number of hydrogen-bond donors (Lipinski definition) is 2. The number of amides is 3. The zero-order valence-electron chi connectivity index (χ0n) is 13.8. The maximum Gasteiger partial charge on any atom is 0.322 e. The second kappa shape index (κ2) is 7.40. The minimum atomic E-state index is -0.166. The molecule has 3 fully saturated rings. The molecule has 3 aliphatic rings. The number of carbonyl (C=O) groups is 2. The Labute approximate surface area is 158 Å². The highest BCUT2D eigenvalue weighted by molar-refractivity contribution is 6.34. The molecule has 0 radical (unpaired) electrons. The first-order valence-corrected chi connectivity index (χ1v) is 8.91. The Hall–Kier alpha value is -1.50. The van der Waals surface area contributed by atoms with Gasteiger partial charge in [0.1, 0.15) is 0 Å². The van der Waals surface area contributed by atoms with Gasteiger partial charge in [0.15, 0.2) is 0 Å². The first kappa shape index (κ1) is 18.3. The molecule has 3 heterocycles. The molecule has 2 atom stereocenters.